The third-order valence-electron chi connectivity index (χ3n) is 2.40. The molecule has 0 spiro atoms. The summed E-state index contributed by atoms with van der Waals surface area (Å²) in [6.45, 7) is 2.95. The summed E-state index contributed by atoms with van der Waals surface area (Å²) in [6, 6.07) is 4.99. The number of aromatic carboxylic acids is 1. The van der Waals surface area contributed by atoms with E-state index >= 15 is 0 Å². The molecule has 0 unspecified atom stereocenters. The van der Waals surface area contributed by atoms with Crippen molar-refractivity contribution in [2.45, 2.75) is 19.9 Å². The second-order valence-electron chi connectivity index (χ2n) is 3.54. The van der Waals surface area contributed by atoms with E-state index in [1.807, 2.05) is 4.57 Å². The van der Waals surface area contributed by atoms with E-state index in [0.29, 0.717) is 5.52 Å². The summed E-state index contributed by atoms with van der Waals surface area (Å²) in [5.74, 6) is -0.928. The van der Waals surface area contributed by atoms with Gasteiger partial charge in [-0.05, 0) is 40.5 Å². The van der Waals surface area contributed by atoms with Gasteiger partial charge in [0.1, 0.15) is 0 Å². The summed E-state index contributed by atoms with van der Waals surface area (Å²) in [5, 5.41) is 8.88. The highest BCUT2D eigenvalue weighted by molar-refractivity contribution is 9.10. The SMILES string of the molecule is CCCn1c(Br)nc2cc(C(=O)O)ccc21. The number of nitrogens with zero attached hydrogens (tertiary/aromatic N) is 2. The maximum absolute atomic E-state index is 10.8. The quantitative estimate of drug-likeness (QED) is 0.942. The van der Waals surface area contributed by atoms with Gasteiger partial charge < -0.3 is 9.67 Å². The minimum absolute atomic E-state index is 0.265. The topological polar surface area (TPSA) is 55.1 Å². The van der Waals surface area contributed by atoms with Crippen molar-refractivity contribution in [1.82, 2.24) is 9.55 Å². The average Bonchev–Trinajstić information content (AvgIpc) is 2.55. The fraction of sp³-hybridized carbons (Fsp3) is 0.273. The minimum atomic E-state index is -0.928. The molecule has 0 aliphatic carbocycles. The van der Waals surface area contributed by atoms with Gasteiger partial charge in [0.25, 0.3) is 0 Å². The number of hydrogen-bond acceptors (Lipinski definition) is 2. The van der Waals surface area contributed by atoms with E-state index in [4.69, 9.17) is 5.11 Å². The molecule has 4 nitrogen and oxygen atoms in total. The molecule has 0 aliphatic rings. The first kappa shape index (κ1) is 11.1. The lowest BCUT2D eigenvalue weighted by Gasteiger charge is -2.02. The number of hydrogen-bond donors (Lipinski definition) is 1. The third kappa shape index (κ3) is 1.82. The van der Waals surface area contributed by atoms with E-state index in [1.54, 1.807) is 18.2 Å². The van der Waals surface area contributed by atoms with Crippen LogP contribution in [0.1, 0.15) is 23.7 Å². The molecule has 84 valence electrons. The van der Waals surface area contributed by atoms with Gasteiger partial charge in [0, 0.05) is 6.54 Å². The number of fused-ring (bicyclic) bond motifs is 1. The van der Waals surface area contributed by atoms with Crippen LogP contribution in [0.15, 0.2) is 22.9 Å². The van der Waals surface area contributed by atoms with Crippen LogP contribution in [0.25, 0.3) is 11.0 Å². The highest BCUT2D eigenvalue weighted by Gasteiger charge is 2.10. The second-order valence-corrected chi connectivity index (χ2v) is 4.25. The Hall–Kier alpha value is -1.36. The van der Waals surface area contributed by atoms with Crippen LogP contribution in [0.4, 0.5) is 0 Å². The molecule has 0 bridgehead atoms. The van der Waals surface area contributed by atoms with Crippen molar-refractivity contribution in [1.29, 1.82) is 0 Å². The summed E-state index contributed by atoms with van der Waals surface area (Å²) in [6.07, 6.45) is 1.00. The highest BCUT2D eigenvalue weighted by atomic mass is 79.9. The van der Waals surface area contributed by atoms with Crippen LogP contribution >= 0.6 is 15.9 Å². The number of carbonyl (C=O) groups is 1. The Morgan fingerprint density at radius 1 is 1.56 bits per heavy atom. The van der Waals surface area contributed by atoms with Gasteiger partial charge in [0.2, 0.25) is 0 Å². The monoisotopic (exact) mass is 282 g/mol. The number of rotatable bonds is 3. The maximum atomic E-state index is 10.8. The lowest BCUT2D eigenvalue weighted by atomic mass is 10.2. The Bertz CT molecular complexity index is 548. The van der Waals surface area contributed by atoms with Gasteiger partial charge in [-0.2, -0.15) is 0 Å². The van der Waals surface area contributed by atoms with Crippen LogP contribution in [0, 0.1) is 0 Å². The normalized spacial score (nSPS) is 10.9. The molecule has 1 N–H and O–H groups in total. The number of carboxylic acids is 1. The van der Waals surface area contributed by atoms with Crippen LogP contribution < -0.4 is 0 Å². The second kappa shape index (κ2) is 4.25. The summed E-state index contributed by atoms with van der Waals surface area (Å²) < 4.78 is 2.77. The van der Waals surface area contributed by atoms with Gasteiger partial charge in [-0.3, -0.25) is 0 Å². The smallest absolute Gasteiger partial charge is 0.335 e. The number of carboxylic acid groups (broad SMARTS) is 1. The van der Waals surface area contributed by atoms with Crippen LogP contribution in [0.3, 0.4) is 0 Å². The summed E-state index contributed by atoms with van der Waals surface area (Å²) >= 11 is 3.38. The first-order valence-corrected chi connectivity index (χ1v) is 5.82. The van der Waals surface area contributed by atoms with Gasteiger partial charge in [-0.25, -0.2) is 9.78 Å². The predicted octanol–water partition coefficient (Wildman–Crippen LogP) is 2.91. The van der Waals surface area contributed by atoms with E-state index in [2.05, 4.69) is 27.8 Å². The number of benzene rings is 1. The van der Waals surface area contributed by atoms with Crippen LogP contribution in [-0.2, 0) is 6.54 Å². The van der Waals surface area contributed by atoms with Crippen molar-refractivity contribution in [2.75, 3.05) is 0 Å². The molecule has 1 heterocycles. The molecule has 1 aromatic carbocycles. The molecule has 0 saturated carbocycles. The molecule has 1 aromatic heterocycles. The van der Waals surface area contributed by atoms with Crippen molar-refractivity contribution in [3.8, 4) is 0 Å². The molecular weight excluding hydrogens is 272 g/mol. The largest absolute Gasteiger partial charge is 0.478 e. The van der Waals surface area contributed by atoms with Crippen molar-refractivity contribution < 1.29 is 9.90 Å². The first-order chi connectivity index (χ1) is 7.63. The molecule has 0 atom stereocenters. The molecule has 0 aliphatic heterocycles. The zero-order chi connectivity index (χ0) is 11.7. The van der Waals surface area contributed by atoms with Gasteiger partial charge in [0.15, 0.2) is 4.73 Å². The molecule has 0 radical (unpaired) electrons. The fourth-order valence-electron chi connectivity index (χ4n) is 1.67. The maximum Gasteiger partial charge on any atom is 0.335 e. The summed E-state index contributed by atoms with van der Waals surface area (Å²) in [4.78, 5) is 15.1. The van der Waals surface area contributed by atoms with E-state index in [9.17, 15) is 4.79 Å². The number of aryl methyl sites for hydroxylation is 1. The molecular formula is C11H11BrN2O2. The Balaban J connectivity index is 2.60. The molecule has 5 heteroatoms. The van der Waals surface area contributed by atoms with Crippen LogP contribution in [-0.4, -0.2) is 20.6 Å². The standard InChI is InChI=1S/C11H11BrN2O2/c1-2-5-14-9-4-3-7(10(15)16)6-8(9)13-11(14)12/h3-4,6H,2,5H2,1H3,(H,15,16). The molecule has 0 amide bonds. The van der Waals surface area contributed by atoms with Gasteiger partial charge >= 0.3 is 5.97 Å². The number of halogens is 1. The van der Waals surface area contributed by atoms with E-state index in [-0.39, 0.29) is 5.56 Å². The molecule has 16 heavy (non-hydrogen) atoms. The van der Waals surface area contributed by atoms with E-state index < -0.39 is 5.97 Å². The molecule has 2 aromatic rings. The van der Waals surface area contributed by atoms with Crippen molar-refractivity contribution >= 4 is 32.9 Å². The van der Waals surface area contributed by atoms with Crippen molar-refractivity contribution in [2.24, 2.45) is 0 Å². The van der Waals surface area contributed by atoms with Crippen molar-refractivity contribution in [3.63, 3.8) is 0 Å². The highest BCUT2D eigenvalue weighted by Crippen LogP contribution is 2.21. The molecule has 2 rings (SSSR count). The van der Waals surface area contributed by atoms with Gasteiger partial charge in [-0.1, -0.05) is 6.92 Å². The summed E-state index contributed by atoms with van der Waals surface area (Å²) in [5.41, 5.74) is 1.93. The van der Waals surface area contributed by atoms with Crippen molar-refractivity contribution in [3.05, 3.63) is 28.5 Å². The van der Waals surface area contributed by atoms with Crippen LogP contribution in [0.5, 0.6) is 0 Å². The third-order valence-corrected chi connectivity index (χ3v) is 3.00. The summed E-state index contributed by atoms with van der Waals surface area (Å²) in [7, 11) is 0. The Kier molecular flexibility index (Phi) is 2.96. The Morgan fingerprint density at radius 2 is 2.31 bits per heavy atom. The Labute approximate surface area is 101 Å². The minimum Gasteiger partial charge on any atom is -0.478 e. The number of imidazole rings is 1. The van der Waals surface area contributed by atoms with E-state index in [0.717, 1.165) is 23.2 Å². The van der Waals surface area contributed by atoms with Gasteiger partial charge in [-0.15, -0.1) is 0 Å². The molecule has 0 fully saturated rings. The lowest BCUT2D eigenvalue weighted by Crippen LogP contribution is -1.98. The van der Waals surface area contributed by atoms with E-state index in [1.165, 1.54) is 0 Å². The zero-order valence-corrected chi connectivity index (χ0v) is 10.4. The lowest BCUT2D eigenvalue weighted by molar-refractivity contribution is 0.0697. The first-order valence-electron chi connectivity index (χ1n) is 5.02. The van der Waals surface area contributed by atoms with Crippen LogP contribution in [0.2, 0.25) is 0 Å². The van der Waals surface area contributed by atoms with Gasteiger partial charge in [0.05, 0.1) is 16.6 Å². The average molecular weight is 283 g/mol. The fourth-order valence-corrected chi connectivity index (χ4v) is 2.23. The number of aromatic nitrogens is 2. The molecule has 0 saturated heterocycles. The predicted molar refractivity (Wildman–Crippen MR) is 64.7 cm³/mol. The zero-order valence-electron chi connectivity index (χ0n) is 8.77. The Morgan fingerprint density at radius 3 is 2.94 bits per heavy atom.